The van der Waals surface area contributed by atoms with Crippen LogP contribution in [-0.2, 0) is 22.6 Å². The van der Waals surface area contributed by atoms with Crippen LogP contribution in [0.3, 0.4) is 0 Å². The summed E-state index contributed by atoms with van der Waals surface area (Å²) in [5, 5.41) is 4.88. The van der Waals surface area contributed by atoms with Gasteiger partial charge in [0.1, 0.15) is 18.1 Å². The first-order chi connectivity index (χ1) is 17.9. The number of halogens is 1. The average molecular weight is 526 g/mol. The molecule has 1 aromatic heterocycles. The topological polar surface area (TPSA) is 71.1 Å². The molecule has 196 valence electrons. The first-order valence-corrected chi connectivity index (χ1v) is 13.2. The zero-order valence-electron chi connectivity index (χ0n) is 21.1. The maximum absolute atomic E-state index is 13.7. The van der Waals surface area contributed by atoms with Crippen molar-refractivity contribution in [2.45, 2.75) is 39.0 Å². The van der Waals surface area contributed by atoms with Crippen molar-refractivity contribution in [3.05, 3.63) is 81.8 Å². The van der Waals surface area contributed by atoms with Crippen LogP contribution < -0.4 is 10.1 Å². The van der Waals surface area contributed by atoms with Gasteiger partial charge < -0.3 is 24.6 Å². The molecule has 4 rings (SSSR count). The first kappa shape index (κ1) is 26.6. The van der Waals surface area contributed by atoms with Crippen LogP contribution in [0.25, 0.3) is 0 Å². The summed E-state index contributed by atoms with van der Waals surface area (Å²) in [5.41, 5.74) is 2.53. The number of urea groups is 1. The Morgan fingerprint density at radius 1 is 1.08 bits per heavy atom. The van der Waals surface area contributed by atoms with Crippen molar-refractivity contribution in [2.24, 2.45) is 0 Å². The lowest BCUT2D eigenvalue weighted by Crippen LogP contribution is -2.46. The van der Waals surface area contributed by atoms with E-state index in [1.165, 1.54) is 17.0 Å². The second-order valence-electron chi connectivity index (χ2n) is 9.08. The molecule has 1 atom stereocenters. The Bertz CT molecular complexity index is 1180. The van der Waals surface area contributed by atoms with Gasteiger partial charge in [-0.2, -0.15) is 0 Å². The number of ether oxygens (including phenoxy) is 2. The third-order valence-electron chi connectivity index (χ3n) is 6.34. The third-order valence-corrected chi connectivity index (χ3v) is 7.35. The molecule has 1 aliphatic heterocycles. The quantitative estimate of drug-likeness (QED) is 0.382. The van der Waals surface area contributed by atoms with Gasteiger partial charge in [-0.15, -0.1) is 11.3 Å². The zero-order chi connectivity index (χ0) is 26.2. The molecule has 3 amide bonds. The van der Waals surface area contributed by atoms with Crippen molar-refractivity contribution in [3.8, 4) is 5.75 Å². The Hall–Kier alpha value is -3.43. The molecule has 1 aliphatic rings. The van der Waals surface area contributed by atoms with Gasteiger partial charge in [-0.25, -0.2) is 9.18 Å². The molecule has 2 heterocycles. The standard InChI is InChI=1S/C28H32FN3O4S/c1-20-13-15-37-26(20)18-31(16-21-5-7-22(29)8-6-21)27(33)19-32(17-25-4-3-14-36-25)28(34)30-23-9-11-24(35-2)12-10-23/h5-13,15,25H,3-4,14,16-19H2,1-2H3,(H,30,34)/t25-/m0/s1. The number of anilines is 1. The van der Waals surface area contributed by atoms with Crippen molar-refractivity contribution in [2.75, 3.05) is 32.1 Å². The Morgan fingerprint density at radius 2 is 1.84 bits per heavy atom. The van der Waals surface area contributed by atoms with Gasteiger partial charge in [-0.3, -0.25) is 4.79 Å². The summed E-state index contributed by atoms with van der Waals surface area (Å²) in [6, 6.07) is 14.8. The summed E-state index contributed by atoms with van der Waals surface area (Å²) >= 11 is 1.59. The predicted molar refractivity (Wildman–Crippen MR) is 142 cm³/mol. The molecular weight excluding hydrogens is 493 g/mol. The molecule has 2 aromatic carbocycles. The van der Waals surface area contributed by atoms with Crippen molar-refractivity contribution < 1.29 is 23.5 Å². The summed E-state index contributed by atoms with van der Waals surface area (Å²) in [7, 11) is 1.58. The van der Waals surface area contributed by atoms with E-state index in [1.54, 1.807) is 59.7 Å². The lowest BCUT2D eigenvalue weighted by Gasteiger charge is -2.29. The number of carbonyl (C=O) groups excluding carboxylic acids is 2. The molecule has 0 saturated carbocycles. The SMILES string of the molecule is COc1ccc(NC(=O)N(CC(=O)N(Cc2ccc(F)cc2)Cc2sccc2C)C[C@@H]2CCCO2)cc1. The van der Waals surface area contributed by atoms with E-state index in [0.717, 1.165) is 28.8 Å². The van der Waals surface area contributed by atoms with Crippen LogP contribution in [0.5, 0.6) is 5.75 Å². The van der Waals surface area contributed by atoms with Crippen molar-refractivity contribution in [1.29, 1.82) is 0 Å². The van der Waals surface area contributed by atoms with Gasteiger partial charge in [0.05, 0.1) is 19.8 Å². The van der Waals surface area contributed by atoms with E-state index in [4.69, 9.17) is 9.47 Å². The molecule has 7 nitrogen and oxygen atoms in total. The Balaban J connectivity index is 1.51. The second-order valence-corrected chi connectivity index (χ2v) is 10.1. The number of hydrogen-bond donors (Lipinski definition) is 1. The van der Waals surface area contributed by atoms with Crippen LogP contribution in [0.2, 0.25) is 0 Å². The lowest BCUT2D eigenvalue weighted by molar-refractivity contribution is -0.133. The molecule has 0 unspecified atom stereocenters. The molecular formula is C28H32FN3O4S. The minimum absolute atomic E-state index is 0.104. The fraction of sp³-hybridized carbons (Fsp3) is 0.357. The predicted octanol–water partition coefficient (Wildman–Crippen LogP) is 5.45. The minimum Gasteiger partial charge on any atom is -0.497 e. The van der Waals surface area contributed by atoms with E-state index in [9.17, 15) is 14.0 Å². The van der Waals surface area contributed by atoms with E-state index in [1.807, 2.05) is 18.4 Å². The summed E-state index contributed by atoms with van der Waals surface area (Å²) in [6.07, 6.45) is 1.66. The molecule has 3 aromatic rings. The summed E-state index contributed by atoms with van der Waals surface area (Å²) < 4.78 is 24.4. The molecule has 0 radical (unpaired) electrons. The maximum Gasteiger partial charge on any atom is 0.322 e. The zero-order valence-corrected chi connectivity index (χ0v) is 21.9. The highest BCUT2D eigenvalue weighted by atomic mass is 32.1. The van der Waals surface area contributed by atoms with Crippen LogP contribution in [0, 0.1) is 12.7 Å². The summed E-state index contributed by atoms with van der Waals surface area (Å²) in [5.74, 6) is 0.165. The third kappa shape index (κ3) is 7.53. The highest BCUT2D eigenvalue weighted by Gasteiger charge is 2.27. The molecule has 1 fully saturated rings. The van der Waals surface area contributed by atoms with Crippen LogP contribution >= 0.6 is 11.3 Å². The highest BCUT2D eigenvalue weighted by Crippen LogP contribution is 2.21. The highest BCUT2D eigenvalue weighted by molar-refractivity contribution is 7.10. The van der Waals surface area contributed by atoms with Crippen molar-refractivity contribution in [1.82, 2.24) is 9.80 Å². The van der Waals surface area contributed by atoms with Gasteiger partial charge in [-0.1, -0.05) is 12.1 Å². The first-order valence-electron chi connectivity index (χ1n) is 12.3. The van der Waals surface area contributed by atoms with Crippen LogP contribution in [-0.4, -0.2) is 54.6 Å². The van der Waals surface area contributed by atoms with E-state index >= 15 is 0 Å². The number of benzene rings is 2. The van der Waals surface area contributed by atoms with Gasteiger partial charge in [0.25, 0.3) is 0 Å². The number of hydrogen-bond acceptors (Lipinski definition) is 5. The number of amides is 3. The Labute approximate surface area is 220 Å². The fourth-order valence-corrected chi connectivity index (χ4v) is 5.10. The molecule has 0 bridgehead atoms. The van der Waals surface area contributed by atoms with Crippen molar-refractivity contribution >= 4 is 29.0 Å². The van der Waals surface area contributed by atoms with Crippen LogP contribution in [0.1, 0.15) is 28.8 Å². The molecule has 37 heavy (non-hydrogen) atoms. The van der Waals surface area contributed by atoms with Gasteiger partial charge >= 0.3 is 6.03 Å². The fourth-order valence-electron chi connectivity index (χ4n) is 4.18. The molecule has 9 heteroatoms. The molecule has 1 N–H and O–H groups in total. The number of thiophene rings is 1. The Morgan fingerprint density at radius 3 is 2.46 bits per heavy atom. The monoisotopic (exact) mass is 525 g/mol. The molecule has 0 aliphatic carbocycles. The summed E-state index contributed by atoms with van der Waals surface area (Å²) in [6.45, 7) is 3.60. The largest absolute Gasteiger partial charge is 0.497 e. The van der Waals surface area contributed by atoms with Crippen LogP contribution in [0.4, 0.5) is 14.9 Å². The number of methoxy groups -OCH3 is 1. The Kier molecular flexibility index (Phi) is 9.14. The second kappa shape index (κ2) is 12.7. The number of rotatable bonds is 10. The van der Waals surface area contributed by atoms with E-state index in [-0.39, 0.29) is 30.4 Å². The van der Waals surface area contributed by atoms with E-state index < -0.39 is 0 Å². The van der Waals surface area contributed by atoms with Gasteiger partial charge in [-0.05, 0) is 78.7 Å². The van der Waals surface area contributed by atoms with Crippen molar-refractivity contribution in [3.63, 3.8) is 0 Å². The maximum atomic E-state index is 13.7. The van der Waals surface area contributed by atoms with E-state index in [2.05, 4.69) is 5.32 Å². The normalized spacial score (nSPS) is 14.8. The number of nitrogens with one attached hydrogen (secondary N) is 1. The number of nitrogens with zero attached hydrogens (tertiary/aromatic N) is 2. The smallest absolute Gasteiger partial charge is 0.322 e. The van der Waals surface area contributed by atoms with Crippen LogP contribution in [0.15, 0.2) is 60.0 Å². The molecule has 0 spiro atoms. The lowest BCUT2D eigenvalue weighted by atomic mass is 10.2. The average Bonchev–Trinajstić information content (AvgIpc) is 3.56. The number of aryl methyl sites for hydroxylation is 1. The van der Waals surface area contributed by atoms with Gasteiger partial charge in [0, 0.05) is 30.3 Å². The number of carbonyl (C=O) groups is 2. The van der Waals surface area contributed by atoms with Gasteiger partial charge in [0.15, 0.2) is 0 Å². The molecule has 1 saturated heterocycles. The van der Waals surface area contributed by atoms with E-state index in [0.29, 0.717) is 37.7 Å². The van der Waals surface area contributed by atoms with Gasteiger partial charge in [0.2, 0.25) is 5.91 Å². The summed E-state index contributed by atoms with van der Waals surface area (Å²) in [4.78, 5) is 31.3. The minimum atomic E-state index is -0.372.